The Balaban J connectivity index is 1.93. The third-order valence-electron chi connectivity index (χ3n) is 3.82. The van der Waals surface area contributed by atoms with E-state index in [-0.39, 0.29) is 27.6 Å². The molecule has 2 aromatic heterocycles. The number of carbonyl (C=O) groups is 1. The van der Waals surface area contributed by atoms with Gasteiger partial charge in [-0.15, -0.1) is 5.10 Å². The number of hydrogen-bond donors (Lipinski definition) is 1. The van der Waals surface area contributed by atoms with Crippen molar-refractivity contribution in [3.63, 3.8) is 0 Å². The van der Waals surface area contributed by atoms with Crippen LogP contribution in [0, 0.1) is 18.6 Å². The van der Waals surface area contributed by atoms with Crippen LogP contribution in [0.15, 0.2) is 24.4 Å². The SMILES string of the molecule is COc1ccc(F)c(F)c1-c1cc(C)ncc1C(=O)Nc1nnc(OCC(F)(F)F)s1. The van der Waals surface area contributed by atoms with Crippen LogP contribution < -0.4 is 14.8 Å². The number of rotatable bonds is 6. The molecule has 0 aliphatic carbocycles. The predicted octanol–water partition coefficient (Wildman–Crippen LogP) is 4.39. The van der Waals surface area contributed by atoms with Crippen LogP contribution in [0.5, 0.6) is 10.9 Å². The van der Waals surface area contributed by atoms with Gasteiger partial charge in [-0.3, -0.25) is 15.1 Å². The molecule has 164 valence electrons. The molecule has 1 N–H and O–H groups in total. The van der Waals surface area contributed by atoms with Gasteiger partial charge in [-0.25, -0.2) is 8.78 Å². The fourth-order valence-corrected chi connectivity index (χ4v) is 3.12. The largest absolute Gasteiger partial charge is 0.496 e. The number of hydrogen-bond acceptors (Lipinski definition) is 7. The van der Waals surface area contributed by atoms with E-state index in [0.717, 1.165) is 12.3 Å². The van der Waals surface area contributed by atoms with Crippen molar-refractivity contribution >= 4 is 22.4 Å². The minimum Gasteiger partial charge on any atom is -0.496 e. The number of ether oxygens (including phenoxy) is 2. The van der Waals surface area contributed by atoms with Crippen LogP contribution in [-0.4, -0.2) is 41.0 Å². The van der Waals surface area contributed by atoms with Crippen molar-refractivity contribution in [3.8, 4) is 22.1 Å². The maximum absolute atomic E-state index is 14.6. The number of pyridine rings is 1. The summed E-state index contributed by atoms with van der Waals surface area (Å²) in [5.74, 6) is -3.21. The molecule has 0 aliphatic rings. The number of amides is 1. The number of anilines is 1. The summed E-state index contributed by atoms with van der Waals surface area (Å²) < 4.78 is 74.7. The van der Waals surface area contributed by atoms with Crippen LogP contribution in [0.3, 0.4) is 0 Å². The minimum atomic E-state index is -4.56. The van der Waals surface area contributed by atoms with Crippen molar-refractivity contribution in [1.29, 1.82) is 0 Å². The van der Waals surface area contributed by atoms with E-state index in [0.29, 0.717) is 17.0 Å². The highest BCUT2D eigenvalue weighted by atomic mass is 32.1. The lowest BCUT2D eigenvalue weighted by molar-refractivity contribution is -0.153. The van der Waals surface area contributed by atoms with Crippen LogP contribution in [-0.2, 0) is 0 Å². The van der Waals surface area contributed by atoms with E-state index in [9.17, 15) is 26.7 Å². The van der Waals surface area contributed by atoms with Crippen molar-refractivity contribution < 1.29 is 36.2 Å². The monoisotopic (exact) mass is 460 g/mol. The maximum atomic E-state index is 14.6. The summed E-state index contributed by atoms with van der Waals surface area (Å²) in [6, 6.07) is 3.46. The molecule has 1 amide bonds. The number of aryl methyl sites for hydroxylation is 1. The summed E-state index contributed by atoms with van der Waals surface area (Å²) in [4.78, 5) is 16.7. The number of nitrogens with one attached hydrogen (secondary N) is 1. The Labute approximate surface area is 175 Å². The van der Waals surface area contributed by atoms with Gasteiger partial charge in [0.2, 0.25) is 5.13 Å². The molecule has 13 heteroatoms. The summed E-state index contributed by atoms with van der Waals surface area (Å²) >= 11 is 0.559. The van der Waals surface area contributed by atoms with Gasteiger partial charge in [0.05, 0.1) is 18.2 Å². The van der Waals surface area contributed by atoms with Gasteiger partial charge >= 0.3 is 6.18 Å². The van der Waals surface area contributed by atoms with Gasteiger partial charge in [-0.2, -0.15) is 13.2 Å². The van der Waals surface area contributed by atoms with Gasteiger partial charge in [0.1, 0.15) is 5.75 Å². The highest BCUT2D eigenvalue weighted by molar-refractivity contribution is 7.17. The average Bonchev–Trinajstić information content (AvgIpc) is 3.15. The van der Waals surface area contributed by atoms with Crippen LogP contribution >= 0.6 is 11.3 Å². The third-order valence-corrected chi connectivity index (χ3v) is 4.57. The number of methoxy groups -OCH3 is 1. The Bertz CT molecular complexity index is 1120. The van der Waals surface area contributed by atoms with Crippen LogP contribution in [0.4, 0.5) is 27.1 Å². The molecular formula is C18H13F5N4O3S. The molecule has 0 fully saturated rings. The molecule has 0 unspecified atom stereocenters. The summed E-state index contributed by atoms with van der Waals surface area (Å²) in [6.07, 6.45) is -3.42. The molecule has 0 aliphatic heterocycles. The second kappa shape index (κ2) is 8.79. The van der Waals surface area contributed by atoms with E-state index < -0.39 is 35.5 Å². The number of halogens is 5. The lowest BCUT2D eigenvalue weighted by Gasteiger charge is -2.14. The first-order valence-corrected chi connectivity index (χ1v) is 9.24. The van der Waals surface area contributed by atoms with Crippen molar-refractivity contribution in [2.24, 2.45) is 0 Å². The van der Waals surface area contributed by atoms with E-state index in [1.807, 2.05) is 0 Å². The molecule has 7 nitrogen and oxygen atoms in total. The molecule has 3 aromatic rings. The van der Waals surface area contributed by atoms with E-state index in [4.69, 9.17) is 4.74 Å². The van der Waals surface area contributed by atoms with E-state index >= 15 is 0 Å². The van der Waals surface area contributed by atoms with Gasteiger partial charge in [-0.1, -0.05) is 5.10 Å². The van der Waals surface area contributed by atoms with Crippen LogP contribution in [0.2, 0.25) is 0 Å². The quantitative estimate of drug-likeness (QED) is 0.550. The minimum absolute atomic E-state index is 0.00286. The Kier molecular flexibility index (Phi) is 6.34. The molecule has 1 aromatic carbocycles. The fraction of sp³-hybridized carbons (Fsp3) is 0.222. The molecule has 3 rings (SSSR count). The van der Waals surface area contributed by atoms with Crippen molar-refractivity contribution in [2.75, 3.05) is 19.0 Å². The van der Waals surface area contributed by atoms with Gasteiger partial charge in [0.15, 0.2) is 18.2 Å². The molecule has 31 heavy (non-hydrogen) atoms. The van der Waals surface area contributed by atoms with Gasteiger partial charge < -0.3 is 9.47 Å². The van der Waals surface area contributed by atoms with Crippen molar-refractivity contribution in [3.05, 3.63) is 47.3 Å². The highest BCUT2D eigenvalue weighted by Crippen LogP contribution is 2.36. The zero-order chi connectivity index (χ0) is 22.8. The Morgan fingerprint density at radius 3 is 2.65 bits per heavy atom. The summed E-state index contributed by atoms with van der Waals surface area (Å²) in [6.45, 7) is 0.0180. The Hall–Kier alpha value is -3.35. The highest BCUT2D eigenvalue weighted by Gasteiger charge is 2.29. The number of nitrogens with zero attached hydrogens (tertiary/aromatic N) is 3. The van der Waals surface area contributed by atoms with Gasteiger partial charge in [0.25, 0.3) is 11.1 Å². The molecule has 2 heterocycles. The molecule has 0 saturated carbocycles. The number of aromatic nitrogens is 3. The summed E-state index contributed by atoms with van der Waals surface area (Å²) in [5.41, 5.74) is -0.0288. The first-order chi connectivity index (χ1) is 14.6. The second-order valence-electron chi connectivity index (χ2n) is 6.04. The fourth-order valence-electron chi connectivity index (χ4n) is 2.53. The number of benzene rings is 1. The molecule has 0 spiro atoms. The predicted molar refractivity (Wildman–Crippen MR) is 100 cm³/mol. The smallest absolute Gasteiger partial charge is 0.422 e. The van der Waals surface area contributed by atoms with Gasteiger partial charge in [0, 0.05) is 17.5 Å². The summed E-state index contributed by atoms with van der Waals surface area (Å²) in [5, 5.41) is 8.68. The average molecular weight is 460 g/mol. The summed E-state index contributed by atoms with van der Waals surface area (Å²) in [7, 11) is 1.26. The Morgan fingerprint density at radius 1 is 1.23 bits per heavy atom. The first kappa shape index (κ1) is 22.3. The molecule has 0 bridgehead atoms. The third kappa shape index (κ3) is 5.23. The van der Waals surface area contributed by atoms with Crippen LogP contribution in [0.25, 0.3) is 11.1 Å². The first-order valence-electron chi connectivity index (χ1n) is 8.42. The molecule has 0 atom stereocenters. The molecular weight excluding hydrogens is 447 g/mol. The van der Waals surface area contributed by atoms with E-state index in [1.54, 1.807) is 6.92 Å². The zero-order valence-corrected chi connectivity index (χ0v) is 16.7. The van der Waals surface area contributed by atoms with Crippen molar-refractivity contribution in [2.45, 2.75) is 13.1 Å². The van der Waals surface area contributed by atoms with Crippen LogP contribution in [0.1, 0.15) is 16.1 Å². The number of alkyl halides is 3. The lowest BCUT2D eigenvalue weighted by Crippen LogP contribution is -2.19. The second-order valence-corrected chi connectivity index (χ2v) is 6.98. The van der Waals surface area contributed by atoms with E-state index in [1.165, 1.54) is 19.2 Å². The molecule has 0 saturated heterocycles. The topological polar surface area (TPSA) is 86.2 Å². The van der Waals surface area contributed by atoms with E-state index in [2.05, 4.69) is 25.2 Å². The Morgan fingerprint density at radius 2 is 1.97 bits per heavy atom. The number of carbonyl (C=O) groups excluding carboxylic acids is 1. The van der Waals surface area contributed by atoms with Crippen molar-refractivity contribution in [1.82, 2.24) is 15.2 Å². The molecule has 0 radical (unpaired) electrons. The standard InChI is InChI=1S/C18H13F5N4O3S/c1-8-5-9(13-12(29-2)4-3-11(19)14(13)20)10(6-24-8)15(28)25-16-26-27-17(31-16)30-7-18(21,22)23/h3-6H,7H2,1-2H3,(H,25,26,28). The lowest BCUT2D eigenvalue weighted by atomic mass is 9.98. The van der Waals surface area contributed by atoms with Gasteiger partial charge in [-0.05, 0) is 36.5 Å². The maximum Gasteiger partial charge on any atom is 0.422 e. The zero-order valence-electron chi connectivity index (χ0n) is 15.9. The normalized spacial score (nSPS) is 11.3.